The van der Waals surface area contributed by atoms with E-state index in [4.69, 9.17) is 5.73 Å². The van der Waals surface area contributed by atoms with E-state index < -0.39 is 15.8 Å². The van der Waals surface area contributed by atoms with Crippen LogP contribution in [-0.2, 0) is 10.0 Å². The number of nitrogen functional groups attached to an aromatic ring is 1. The van der Waals surface area contributed by atoms with E-state index >= 15 is 0 Å². The molecule has 7 heteroatoms. The van der Waals surface area contributed by atoms with E-state index in [2.05, 4.69) is 20.7 Å². The van der Waals surface area contributed by atoms with Gasteiger partial charge in [0.15, 0.2) is 0 Å². The van der Waals surface area contributed by atoms with E-state index in [0.717, 1.165) is 22.2 Å². The molecule has 0 radical (unpaired) electrons. The van der Waals surface area contributed by atoms with Gasteiger partial charge in [0.1, 0.15) is 5.82 Å². The van der Waals surface area contributed by atoms with Gasteiger partial charge in [-0.05, 0) is 48.9 Å². The highest BCUT2D eigenvalue weighted by atomic mass is 79.9. The van der Waals surface area contributed by atoms with E-state index in [1.54, 1.807) is 18.2 Å². The number of benzene rings is 2. The van der Waals surface area contributed by atoms with Crippen LogP contribution < -0.4 is 10.5 Å². The molecule has 0 amide bonds. The molecule has 2 aromatic carbocycles. The molecule has 0 atom stereocenters. The SMILES string of the molecule is Cc1cc(NS(=O)(=O)c2cc(N)cc(F)c2)ccc1Br. The molecule has 4 nitrogen and oxygen atoms in total. The zero-order valence-corrected chi connectivity index (χ0v) is 12.9. The number of rotatable bonds is 3. The fraction of sp³-hybridized carbons (Fsp3) is 0.0769. The molecule has 0 saturated heterocycles. The highest BCUT2D eigenvalue weighted by Crippen LogP contribution is 2.23. The van der Waals surface area contributed by atoms with Gasteiger partial charge < -0.3 is 5.73 Å². The second-order valence-electron chi connectivity index (χ2n) is 4.29. The summed E-state index contributed by atoms with van der Waals surface area (Å²) in [6.07, 6.45) is 0. The van der Waals surface area contributed by atoms with Crippen LogP contribution in [0.4, 0.5) is 15.8 Å². The maximum absolute atomic E-state index is 13.2. The molecule has 0 aliphatic heterocycles. The summed E-state index contributed by atoms with van der Waals surface area (Å²) in [5.41, 5.74) is 6.78. The van der Waals surface area contributed by atoms with E-state index in [1.807, 2.05) is 6.92 Å². The molecular formula is C13H12BrFN2O2S. The third kappa shape index (κ3) is 3.29. The Balaban J connectivity index is 2.37. The number of nitrogens with two attached hydrogens (primary N) is 1. The monoisotopic (exact) mass is 358 g/mol. The molecule has 0 saturated carbocycles. The van der Waals surface area contributed by atoms with Gasteiger partial charge in [-0.2, -0.15) is 0 Å². The third-order valence-corrected chi connectivity index (χ3v) is 4.86. The van der Waals surface area contributed by atoms with E-state index in [-0.39, 0.29) is 10.6 Å². The average Bonchev–Trinajstić information content (AvgIpc) is 2.32. The fourth-order valence-corrected chi connectivity index (χ4v) is 3.02. The topological polar surface area (TPSA) is 72.2 Å². The van der Waals surface area contributed by atoms with Crippen molar-refractivity contribution < 1.29 is 12.8 Å². The van der Waals surface area contributed by atoms with Crippen molar-refractivity contribution in [3.63, 3.8) is 0 Å². The standard InChI is InChI=1S/C13H12BrFN2O2S/c1-8-4-11(2-3-13(8)14)17-20(18,19)12-6-9(15)5-10(16)7-12/h2-7,17H,16H2,1H3. The van der Waals surface area contributed by atoms with Gasteiger partial charge in [0, 0.05) is 15.8 Å². The molecule has 0 fully saturated rings. The van der Waals surface area contributed by atoms with Crippen LogP contribution >= 0.6 is 15.9 Å². The first kappa shape index (κ1) is 14.8. The summed E-state index contributed by atoms with van der Waals surface area (Å²) in [5, 5.41) is 0. The molecule has 20 heavy (non-hydrogen) atoms. The molecule has 0 spiro atoms. The maximum Gasteiger partial charge on any atom is 0.262 e. The lowest BCUT2D eigenvalue weighted by Gasteiger charge is -2.10. The Bertz CT molecular complexity index is 743. The minimum Gasteiger partial charge on any atom is -0.399 e. The average molecular weight is 359 g/mol. The van der Waals surface area contributed by atoms with Gasteiger partial charge in [-0.1, -0.05) is 15.9 Å². The molecule has 0 heterocycles. The quantitative estimate of drug-likeness (QED) is 0.827. The van der Waals surface area contributed by atoms with Crippen LogP contribution in [0.2, 0.25) is 0 Å². The van der Waals surface area contributed by atoms with E-state index in [9.17, 15) is 12.8 Å². The molecule has 3 N–H and O–H groups in total. The van der Waals surface area contributed by atoms with Gasteiger partial charge >= 0.3 is 0 Å². The van der Waals surface area contributed by atoms with Gasteiger partial charge in [-0.25, -0.2) is 12.8 Å². The maximum atomic E-state index is 13.2. The lowest BCUT2D eigenvalue weighted by atomic mass is 10.2. The van der Waals surface area contributed by atoms with Crippen LogP contribution in [0.1, 0.15) is 5.56 Å². The van der Waals surface area contributed by atoms with Gasteiger partial charge in [0.05, 0.1) is 4.90 Å². The molecule has 106 valence electrons. The molecule has 2 aromatic rings. The van der Waals surface area contributed by atoms with Crippen LogP contribution in [0.25, 0.3) is 0 Å². The van der Waals surface area contributed by atoms with Crippen molar-refractivity contribution in [2.45, 2.75) is 11.8 Å². The summed E-state index contributed by atoms with van der Waals surface area (Å²) in [7, 11) is -3.87. The number of sulfonamides is 1. The molecule has 0 aromatic heterocycles. The van der Waals surface area contributed by atoms with Crippen molar-refractivity contribution >= 4 is 37.3 Å². The Morgan fingerprint density at radius 2 is 1.90 bits per heavy atom. The molecule has 2 rings (SSSR count). The van der Waals surface area contributed by atoms with Crippen molar-refractivity contribution in [1.82, 2.24) is 0 Å². The first-order valence-corrected chi connectivity index (χ1v) is 7.90. The van der Waals surface area contributed by atoms with Crippen LogP contribution in [0.5, 0.6) is 0 Å². The lowest BCUT2D eigenvalue weighted by Crippen LogP contribution is -2.13. The second-order valence-corrected chi connectivity index (χ2v) is 6.83. The number of halogens is 2. The van der Waals surface area contributed by atoms with Crippen molar-refractivity contribution in [3.05, 3.63) is 52.3 Å². The number of nitrogens with one attached hydrogen (secondary N) is 1. The number of hydrogen-bond donors (Lipinski definition) is 2. The summed E-state index contributed by atoms with van der Waals surface area (Å²) in [6.45, 7) is 1.84. The van der Waals surface area contributed by atoms with Gasteiger partial charge in [0.25, 0.3) is 10.0 Å². The lowest BCUT2D eigenvalue weighted by molar-refractivity contribution is 0.595. The fourth-order valence-electron chi connectivity index (χ4n) is 1.66. The Hall–Kier alpha value is -1.60. The summed E-state index contributed by atoms with van der Waals surface area (Å²) in [5.74, 6) is -0.697. The molecular weight excluding hydrogens is 347 g/mol. The third-order valence-electron chi connectivity index (χ3n) is 2.61. The van der Waals surface area contributed by atoms with Crippen molar-refractivity contribution in [2.75, 3.05) is 10.5 Å². The normalized spacial score (nSPS) is 11.3. The van der Waals surface area contributed by atoms with Crippen LogP contribution in [0, 0.1) is 12.7 Å². The summed E-state index contributed by atoms with van der Waals surface area (Å²) in [4.78, 5) is -0.212. The molecule has 0 aliphatic carbocycles. The summed E-state index contributed by atoms with van der Waals surface area (Å²) in [6, 6.07) is 8.19. The van der Waals surface area contributed by atoms with Crippen LogP contribution in [-0.4, -0.2) is 8.42 Å². The summed E-state index contributed by atoms with van der Waals surface area (Å²) < 4.78 is 40.8. The first-order chi connectivity index (χ1) is 9.28. The van der Waals surface area contributed by atoms with Gasteiger partial charge in [-0.3, -0.25) is 4.72 Å². The van der Waals surface area contributed by atoms with Crippen LogP contribution in [0.15, 0.2) is 45.8 Å². The number of aryl methyl sites for hydroxylation is 1. The van der Waals surface area contributed by atoms with Crippen molar-refractivity contribution in [1.29, 1.82) is 0 Å². The van der Waals surface area contributed by atoms with Crippen LogP contribution in [0.3, 0.4) is 0 Å². The molecule has 0 aliphatic rings. The second kappa shape index (κ2) is 5.41. The van der Waals surface area contributed by atoms with E-state index in [1.165, 1.54) is 6.07 Å². The van der Waals surface area contributed by atoms with E-state index in [0.29, 0.717) is 5.69 Å². The number of anilines is 2. The Labute approximate surface area is 125 Å². The Morgan fingerprint density at radius 3 is 2.50 bits per heavy atom. The largest absolute Gasteiger partial charge is 0.399 e. The smallest absolute Gasteiger partial charge is 0.262 e. The minimum absolute atomic E-state index is 0.0531. The highest BCUT2D eigenvalue weighted by molar-refractivity contribution is 9.10. The van der Waals surface area contributed by atoms with Crippen molar-refractivity contribution in [2.24, 2.45) is 0 Å². The Kier molecular flexibility index (Phi) is 4.01. The van der Waals surface area contributed by atoms with Gasteiger partial charge in [-0.15, -0.1) is 0 Å². The van der Waals surface area contributed by atoms with Crippen molar-refractivity contribution in [3.8, 4) is 0 Å². The zero-order chi connectivity index (χ0) is 14.9. The molecule has 0 bridgehead atoms. The molecule has 0 unspecified atom stereocenters. The van der Waals surface area contributed by atoms with Gasteiger partial charge in [0.2, 0.25) is 0 Å². The Morgan fingerprint density at radius 1 is 1.20 bits per heavy atom. The predicted molar refractivity (Wildman–Crippen MR) is 80.5 cm³/mol. The predicted octanol–water partition coefficient (Wildman–Crippen LogP) is 3.28. The highest BCUT2D eigenvalue weighted by Gasteiger charge is 2.16. The zero-order valence-electron chi connectivity index (χ0n) is 10.5. The minimum atomic E-state index is -3.87. The first-order valence-electron chi connectivity index (χ1n) is 5.63. The number of hydrogen-bond acceptors (Lipinski definition) is 3. The summed E-state index contributed by atoms with van der Waals surface area (Å²) >= 11 is 3.33.